The highest BCUT2D eigenvalue weighted by Crippen LogP contribution is 2.33. The minimum absolute atomic E-state index is 0.0872. The fraction of sp³-hybridized carbons (Fsp3) is 0.294. The van der Waals surface area contributed by atoms with E-state index in [1.807, 2.05) is 20.8 Å². The molecular formula is C17H19FN4O2. The van der Waals surface area contributed by atoms with Gasteiger partial charge in [0.2, 0.25) is 0 Å². The first kappa shape index (κ1) is 16.0. The van der Waals surface area contributed by atoms with Gasteiger partial charge >= 0.3 is 6.03 Å². The second kappa shape index (κ2) is 6.35. The zero-order valence-corrected chi connectivity index (χ0v) is 13.7. The number of H-pyrrole nitrogens is 1. The highest BCUT2D eigenvalue weighted by molar-refractivity contribution is 5.89. The zero-order chi connectivity index (χ0) is 17.3. The molecule has 0 saturated carbocycles. The molecule has 3 rings (SSSR count). The van der Waals surface area contributed by atoms with Crippen molar-refractivity contribution in [2.45, 2.75) is 26.8 Å². The first-order valence-electron chi connectivity index (χ1n) is 7.70. The van der Waals surface area contributed by atoms with Gasteiger partial charge < -0.3 is 15.1 Å². The van der Waals surface area contributed by atoms with Crippen molar-refractivity contribution < 1.29 is 13.6 Å². The molecule has 0 aliphatic heterocycles. The van der Waals surface area contributed by atoms with Crippen molar-refractivity contribution in [1.29, 1.82) is 0 Å². The van der Waals surface area contributed by atoms with E-state index in [-0.39, 0.29) is 23.8 Å². The first-order chi connectivity index (χ1) is 11.5. The van der Waals surface area contributed by atoms with Crippen LogP contribution in [0.25, 0.3) is 11.0 Å². The molecule has 0 aliphatic carbocycles. The second-order valence-corrected chi connectivity index (χ2v) is 6.04. The van der Waals surface area contributed by atoms with Gasteiger partial charge in [-0.25, -0.2) is 9.18 Å². The van der Waals surface area contributed by atoms with Gasteiger partial charge in [-0.3, -0.25) is 5.10 Å². The van der Waals surface area contributed by atoms with Gasteiger partial charge in [0.1, 0.15) is 17.2 Å². The van der Waals surface area contributed by atoms with Gasteiger partial charge in [-0.2, -0.15) is 5.10 Å². The van der Waals surface area contributed by atoms with Crippen molar-refractivity contribution in [2.24, 2.45) is 5.92 Å². The van der Waals surface area contributed by atoms with Crippen LogP contribution in [0.5, 0.6) is 0 Å². The van der Waals surface area contributed by atoms with Gasteiger partial charge in [-0.1, -0.05) is 13.8 Å². The lowest BCUT2D eigenvalue weighted by Crippen LogP contribution is -2.35. The molecule has 24 heavy (non-hydrogen) atoms. The largest absolute Gasteiger partial charge is 0.459 e. The average Bonchev–Trinajstić information content (AvgIpc) is 3.14. The normalized spacial score (nSPS) is 12.5. The number of rotatable bonds is 4. The molecule has 3 N–H and O–H groups in total. The number of hydrogen-bond donors (Lipinski definition) is 3. The monoisotopic (exact) mass is 330 g/mol. The van der Waals surface area contributed by atoms with E-state index >= 15 is 0 Å². The maximum atomic E-state index is 13.5. The lowest BCUT2D eigenvalue weighted by molar-refractivity contribution is 0.241. The Hall–Kier alpha value is -2.83. The highest BCUT2D eigenvalue weighted by Gasteiger charge is 2.25. The number of nitrogens with zero attached hydrogens (tertiary/aromatic N) is 1. The number of fused-ring (bicyclic) bond motifs is 1. The van der Waals surface area contributed by atoms with Crippen LogP contribution in [0.15, 0.2) is 35.0 Å². The molecule has 0 saturated heterocycles. The van der Waals surface area contributed by atoms with Gasteiger partial charge in [0.15, 0.2) is 0 Å². The number of anilines is 1. The van der Waals surface area contributed by atoms with Crippen molar-refractivity contribution in [2.75, 3.05) is 5.32 Å². The van der Waals surface area contributed by atoms with Crippen molar-refractivity contribution in [1.82, 2.24) is 15.5 Å². The lowest BCUT2D eigenvalue weighted by Gasteiger charge is -2.21. The Balaban J connectivity index is 1.88. The second-order valence-electron chi connectivity index (χ2n) is 6.04. The van der Waals surface area contributed by atoms with E-state index < -0.39 is 0 Å². The molecule has 6 nitrogen and oxygen atoms in total. The fourth-order valence-electron chi connectivity index (χ4n) is 2.67. The molecule has 2 amide bonds. The summed E-state index contributed by atoms with van der Waals surface area (Å²) >= 11 is 0. The molecule has 0 radical (unpaired) electrons. The summed E-state index contributed by atoms with van der Waals surface area (Å²) in [5, 5.41) is 12.7. The number of furan rings is 1. The van der Waals surface area contributed by atoms with Crippen LogP contribution in [0.3, 0.4) is 0 Å². The topological polar surface area (TPSA) is 83.0 Å². The molecule has 126 valence electrons. The van der Waals surface area contributed by atoms with Crippen LogP contribution in [-0.2, 0) is 0 Å². The zero-order valence-electron chi connectivity index (χ0n) is 13.7. The van der Waals surface area contributed by atoms with E-state index in [2.05, 4.69) is 20.8 Å². The van der Waals surface area contributed by atoms with E-state index in [0.717, 1.165) is 5.56 Å². The molecule has 0 unspecified atom stereocenters. The molecule has 2 aromatic heterocycles. The van der Waals surface area contributed by atoms with E-state index in [0.29, 0.717) is 22.4 Å². The summed E-state index contributed by atoms with van der Waals surface area (Å²) in [5.74, 6) is 0.404. The third-order valence-corrected chi connectivity index (χ3v) is 3.93. The SMILES string of the molecule is Cc1c([C@H](NC(=O)Nc2cn[nH]c2)C(C)C)oc2ccc(F)cc12. The summed E-state index contributed by atoms with van der Waals surface area (Å²) in [6.07, 6.45) is 3.10. The molecule has 7 heteroatoms. The minimum atomic E-state index is -0.360. The van der Waals surface area contributed by atoms with Crippen LogP contribution in [0.1, 0.15) is 31.2 Å². The Morgan fingerprint density at radius 3 is 2.83 bits per heavy atom. The predicted octanol–water partition coefficient (Wildman–Crippen LogP) is 4.12. The third kappa shape index (κ3) is 3.10. The summed E-state index contributed by atoms with van der Waals surface area (Å²) < 4.78 is 19.4. The molecule has 0 spiro atoms. The summed E-state index contributed by atoms with van der Waals surface area (Å²) in [5.41, 5.74) is 2.00. The first-order valence-corrected chi connectivity index (χ1v) is 7.70. The number of carbonyl (C=O) groups is 1. The highest BCUT2D eigenvalue weighted by atomic mass is 19.1. The van der Waals surface area contributed by atoms with Gasteiger partial charge in [0.05, 0.1) is 17.9 Å². The van der Waals surface area contributed by atoms with Gasteiger partial charge in [0, 0.05) is 17.1 Å². The molecule has 1 aromatic carbocycles. The maximum absolute atomic E-state index is 13.5. The minimum Gasteiger partial charge on any atom is -0.459 e. The Labute approximate surface area is 138 Å². The Morgan fingerprint density at radius 1 is 1.38 bits per heavy atom. The molecule has 1 atom stereocenters. The standard InChI is InChI=1S/C17H19FN4O2/c1-9(2)15(22-17(23)21-12-7-19-20-8-12)16-10(3)13-6-11(18)4-5-14(13)24-16/h4-9,15H,1-3H3,(H,19,20)(H2,21,22,23)/t15-/m1/s1. The molecule has 0 fully saturated rings. The number of halogens is 1. The molecule has 2 heterocycles. The third-order valence-electron chi connectivity index (χ3n) is 3.93. The smallest absolute Gasteiger partial charge is 0.319 e. The predicted molar refractivity (Wildman–Crippen MR) is 89.2 cm³/mol. The lowest BCUT2D eigenvalue weighted by atomic mass is 9.98. The van der Waals surface area contributed by atoms with Gasteiger partial charge in [0.25, 0.3) is 0 Å². The number of hydrogen-bond acceptors (Lipinski definition) is 3. The summed E-state index contributed by atoms with van der Waals surface area (Å²) in [4.78, 5) is 12.2. The van der Waals surface area contributed by atoms with Gasteiger partial charge in [-0.05, 0) is 31.0 Å². The summed E-state index contributed by atoms with van der Waals surface area (Å²) in [7, 11) is 0. The summed E-state index contributed by atoms with van der Waals surface area (Å²) in [6, 6.07) is 3.71. The number of amides is 2. The number of aryl methyl sites for hydroxylation is 1. The quantitative estimate of drug-likeness (QED) is 0.673. The number of carbonyl (C=O) groups excluding carboxylic acids is 1. The van der Waals surface area contributed by atoms with Gasteiger partial charge in [-0.15, -0.1) is 0 Å². The fourth-order valence-corrected chi connectivity index (χ4v) is 2.67. The van der Waals surface area contributed by atoms with Crippen molar-refractivity contribution >= 4 is 22.7 Å². The van der Waals surface area contributed by atoms with Crippen LogP contribution in [-0.4, -0.2) is 16.2 Å². The van der Waals surface area contributed by atoms with Crippen molar-refractivity contribution in [3.8, 4) is 0 Å². The van der Waals surface area contributed by atoms with Crippen molar-refractivity contribution in [3.63, 3.8) is 0 Å². The average molecular weight is 330 g/mol. The van der Waals surface area contributed by atoms with Crippen LogP contribution < -0.4 is 10.6 Å². The Bertz CT molecular complexity index is 855. The molecule has 0 bridgehead atoms. The summed E-state index contributed by atoms with van der Waals surface area (Å²) in [6.45, 7) is 5.83. The van der Waals surface area contributed by atoms with E-state index in [1.165, 1.54) is 18.3 Å². The molecular weight excluding hydrogens is 311 g/mol. The number of urea groups is 1. The Kier molecular flexibility index (Phi) is 4.24. The number of nitrogens with one attached hydrogen (secondary N) is 3. The van der Waals surface area contributed by atoms with Crippen LogP contribution >= 0.6 is 0 Å². The van der Waals surface area contributed by atoms with E-state index in [1.54, 1.807) is 12.3 Å². The van der Waals surface area contributed by atoms with Crippen LogP contribution in [0.2, 0.25) is 0 Å². The number of aromatic amines is 1. The van der Waals surface area contributed by atoms with E-state index in [9.17, 15) is 9.18 Å². The molecule has 0 aliphatic rings. The van der Waals surface area contributed by atoms with E-state index in [4.69, 9.17) is 4.42 Å². The number of benzene rings is 1. The Morgan fingerprint density at radius 2 is 2.17 bits per heavy atom. The molecule has 3 aromatic rings. The number of aromatic nitrogens is 2. The van der Waals surface area contributed by atoms with Crippen molar-refractivity contribution in [3.05, 3.63) is 47.7 Å². The maximum Gasteiger partial charge on any atom is 0.319 e. The van der Waals surface area contributed by atoms with Crippen LogP contribution in [0.4, 0.5) is 14.9 Å². The van der Waals surface area contributed by atoms with Crippen LogP contribution in [0, 0.1) is 18.7 Å².